The van der Waals surface area contributed by atoms with Gasteiger partial charge in [-0.3, -0.25) is 0 Å². The number of hydrogen-bond donors (Lipinski definition) is 1. The van der Waals surface area contributed by atoms with Gasteiger partial charge in [0.1, 0.15) is 5.15 Å². The molecule has 0 spiro atoms. The summed E-state index contributed by atoms with van der Waals surface area (Å²) in [7, 11) is 0. The zero-order valence-corrected chi connectivity index (χ0v) is 7.63. The summed E-state index contributed by atoms with van der Waals surface area (Å²) >= 11 is 5.50. The van der Waals surface area contributed by atoms with E-state index in [0.29, 0.717) is 0 Å². The van der Waals surface area contributed by atoms with Crippen LogP contribution in [0.4, 0.5) is 8.78 Å². The fraction of sp³-hybridized carbons (Fsp3) is 0.250. The molecule has 6 heteroatoms. The van der Waals surface area contributed by atoms with E-state index < -0.39 is 18.3 Å². The van der Waals surface area contributed by atoms with E-state index in [0.717, 1.165) is 0 Å². The molecule has 0 atom stereocenters. The first-order valence-electron chi connectivity index (χ1n) is 3.64. The van der Waals surface area contributed by atoms with Gasteiger partial charge in [0.25, 0.3) is 0 Å². The van der Waals surface area contributed by atoms with Crippen LogP contribution in [0.1, 0.15) is 5.56 Å². The lowest BCUT2D eigenvalue weighted by atomic mass is 10.1. The fourth-order valence-electron chi connectivity index (χ4n) is 0.866. The molecule has 0 saturated carbocycles. The Morgan fingerprint density at radius 1 is 1.64 bits per heavy atom. The minimum absolute atomic E-state index is 0.0153. The SMILES string of the molecule is O=C(O)C(F)(F)Cc1cccnc1Cl. The van der Waals surface area contributed by atoms with Crippen LogP contribution in [-0.4, -0.2) is 22.0 Å². The van der Waals surface area contributed by atoms with E-state index >= 15 is 0 Å². The first-order valence-corrected chi connectivity index (χ1v) is 4.02. The highest BCUT2D eigenvalue weighted by Gasteiger charge is 2.39. The molecule has 1 aromatic rings. The number of alkyl halides is 2. The molecular formula is C8H6ClF2NO2. The van der Waals surface area contributed by atoms with Crippen molar-refractivity contribution < 1.29 is 18.7 Å². The molecule has 0 radical (unpaired) electrons. The highest BCUT2D eigenvalue weighted by Crippen LogP contribution is 2.23. The second-order valence-corrected chi connectivity index (χ2v) is 3.00. The van der Waals surface area contributed by atoms with Gasteiger partial charge in [0.2, 0.25) is 0 Å². The van der Waals surface area contributed by atoms with Gasteiger partial charge >= 0.3 is 11.9 Å². The molecule has 0 fully saturated rings. The molecule has 0 aliphatic rings. The van der Waals surface area contributed by atoms with Crippen molar-refractivity contribution in [2.24, 2.45) is 0 Å². The first-order chi connectivity index (χ1) is 6.43. The fourth-order valence-corrected chi connectivity index (χ4v) is 1.05. The van der Waals surface area contributed by atoms with Crippen molar-refractivity contribution in [3.8, 4) is 0 Å². The normalized spacial score (nSPS) is 11.4. The molecule has 14 heavy (non-hydrogen) atoms. The lowest BCUT2D eigenvalue weighted by Crippen LogP contribution is -2.30. The van der Waals surface area contributed by atoms with E-state index in [1.165, 1.54) is 18.3 Å². The Morgan fingerprint density at radius 3 is 2.79 bits per heavy atom. The number of aliphatic carboxylic acids is 1. The van der Waals surface area contributed by atoms with Crippen LogP contribution in [0.15, 0.2) is 18.3 Å². The Bertz CT molecular complexity index is 357. The summed E-state index contributed by atoms with van der Waals surface area (Å²) in [6.45, 7) is 0. The summed E-state index contributed by atoms with van der Waals surface area (Å²) in [5.41, 5.74) is 0.0153. The molecule has 3 nitrogen and oxygen atoms in total. The second kappa shape index (κ2) is 3.88. The van der Waals surface area contributed by atoms with Crippen molar-refractivity contribution in [3.05, 3.63) is 29.0 Å². The van der Waals surface area contributed by atoms with Gasteiger partial charge in [-0.25, -0.2) is 9.78 Å². The number of aromatic nitrogens is 1. The number of carbonyl (C=O) groups is 1. The monoisotopic (exact) mass is 221 g/mol. The van der Waals surface area contributed by atoms with Gasteiger partial charge in [0.15, 0.2) is 0 Å². The maximum atomic E-state index is 12.7. The maximum Gasteiger partial charge on any atom is 0.374 e. The van der Waals surface area contributed by atoms with Crippen molar-refractivity contribution in [1.29, 1.82) is 0 Å². The van der Waals surface area contributed by atoms with E-state index in [1.54, 1.807) is 0 Å². The van der Waals surface area contributed by atoms with Crippen molar-refractivity contribution >= 4 is 17.6 Å². The van der Waals surface area contributed by atoms with Gasteiger partial charge in [-0.05, 0) is 11.6 Å². The Morgan fingerprint density at radius 2 is 2.29 bits per heavy atom. The molecular weight excluding hydrogens is 216 g/mol. The van der Waals surface area contributed by atoms with Crippen LogP contribution in [0, 0.1) is 0 Å². The third kappa shape index (κ3) is 2.38. The number of hydrogen-bond acceptors (Lipinski definition) is 2. The van der Waals surface area contributed by atoms with Crippen molar-refractivity contribution in [2.75, 3.05) is 0 Å². The molecule has 0 aromatic carbocycles. The summed E-state index contributed by atoms with van der Waals surface area (Å²) in [5.74, 6) is -5.98. The van der Waals surface area contributed by atoms with Crippen LogP contribution in [0.3, 0.4) is 0 Å². The maximum absolute atomic E-state index is 12.7. The van der Waals surface area contributed by atoms with E-state index in [2.05, 4.69) is 4.98 Å². The Kier molecular flexibility index (Phi) is 3.00. The van der Waals surface area contributed by atoms with Crippen LogP contribution >= 0.6 is 11.6 Å². The van der Waals surface area contributed by atoms with Gasteiger partial charge in [-0.1, -0.05) is 17.7 Å². The standard InChI is InChI=1S/C8H6ClF2NO2/c9-6-5(2-1-3-12-6)4-8(10,11)7(13)14/h1-3H,4H2,(H,13,14). The summed E-state index contributed by atoms with van der Waals surface area (Å²) in [6.07, 6.45) is 0.389. The van der Waals surface area contributed by atoms with E-state index in [4.69, 9.17) is 16.7 Å². The highest BCUT2D eigenvalue weighted by molar-refractivity contribution is 6.30. The molecule has 0 saturated heterocycles. The third-order valence-corrected chi connectivity index (χ3v) is 1.90. The highest BCUT2D eigenvalue weighted by atomic mass is 35.5. The zero-order valence-electron chi connectivity index (χ0n) is 6.88. The van der Waals surface area contributed by atoms with Crippen molar-refractivity contribution in [3.63, 3.8) is 0 Å². The number of carboxylic acid groups (broad SMARTS) is 1. The zero-order chi connectivity index (χ0) is 10.8. The molecule has 1 aromatic heterocycles. The Hall–Kier alpha value is -1.23. The van der Waals surface area contributed by atoms with Crippen molar-refractivity contribution in [1.82, 2.24) is 4.98 Å². The summed E-state index contributed by atoms with van der Waals surface area (Å²) in [6, 6.07) is 2.73. The lowest BCUT2D eigenvalue weighted by molar-refractivity contribution is -0.164. The average Bonchev–Trinajstić information content (AvgIpc) is 2.08. The minimum atomic E-state index is -3.81. The van der Waals surface area contributed by atoms with Gasteiger partial charge in [0, 0.05) is 6.20 Å². The van der Waals surface area contributed by atoms with Crippen LogP contribution in [0.5, 0.6) is 0 Å². The quantitative estimate of drug-likeness (QED) is 0.795. The largest absolute Gasteiger partial charge is 0.477 e. The van der Waals surface area contributed by atoms with Gasteiger partial charge in [-0.2, -0.15) is 8.78 Å². The average molecular weight is 222 g/mol. The van der Waals surface area contributed by atoms with Crippen LogP contribution in [-0.2, 0) is 11.2 Å². The van der Waals surface area contributed by atoms with E-state index in [-0.39, 0.29) is 10.7 Å². The number of nitrogens with zero attached hydrogens (tertiary/aromatic N) is 1. The molecule has 0 aliphatic carbocycles. The minimum Gasteiger partial charge on any atom is -0.477 e. The van der Waals surface area contributed by atoms with Crippen molar-refractivity contribution in [2.45, 2.75) is 12.3 Å². The number of carboxylic acids is 1. The molecule has 0 bridgehead atoms. The van der Waals surface area contributed by atoms with Crippen LogP contribution in [0.25, 0.3) is 0 Å². The molecule has 0 unspecified atom stereocenters. The number of rotatable bonds is 3. The predicted molar refractivity (Wildman–Crippen MR) is 45.5 cm³/mol. The summed E-state index contributed by atoms with van der Waals surface area (Å²) in [4.78, 5) is 13.7. The van der Waals surface area contributed by atoms with E-state index in [1.807, 2.05) is 0 Å². The predicted octanol–water partition coefficient (Wildman–Crippen LogP) is 2.00. The molecule has 1 rings (SSSR count). The van der Waals surface area contributed by atoms with Gasteiger partial charge in [0.05, 0.1) is 6.42 Å². The Balaban J connectivity index is 2.89. The Labute approximate surface area is 83.3 Å². The third-order valence-electron chi connectivity index (χ3n) is 1.56. The summed E-state index contributed by atoms with van der Waals surface area (Å²) < 4.78 is 25.5. The van der Waals surface area contributed by atoms with Gasteiger partial charge in [-0.15, -0.1) is 0 Å². The smallest absolute Gasteiger partial charge is 0.374 e. The molecule has 0 amide bonds. The molecule has 1 heterocycles. The van der Waals surface area contributed by atoms with Crippen LogP contribution < -0.4 is 0 Å². The molecule has 76 valence electrons. The number of pyridine rings is 1. The van der Waals surface area contributed by atoms with Crippen LogP contribution in [0.2, 0.25) is 5.15 Å². The number of halogens is 3. The topological polar surface area (TPSA) is 50.2 Å². The first kappa shape index (κ1) is 10.8. The molecule has 1 N–H and O–H groups in total. The second-order valence-electron chi connectivity index (χ2n) is 2.64. The summed E-state index contributed by atoms with van der Waals surface area (Å²) in [5, 5.41) is 8.08. The van der Waals surface area contributed by atoms with E-state index in [9.17, 15) is 13.6 Å². The molecule has 0 aliphatic heterocycles. The lowest BCUT2D eigenvalue weighted by Gasteiger charge is -2.11. The van der Waals surface area contributed by atoms with Gasteiger partial charge < -0.3 is 5.11 Å².